The van der Waals surface area contributed by atoms with Crippen LogP contribution in [0.4, 0.5) is 5.69 Å². The normalized spacial score (nSPS) is 9.82. The van der Waals surface area contributed by atoms with Crippen LogP contribution in [-0.4, -0.2) is 45.1 Å². The van der Waals surface area contributed by atoms with Gasteiger partial charge in [0.2, 0.25) is 0 Å². The zero-order chi connectivity index (χ0) is 23.9. The Labute approximate surface area is 199 Å². The van der Waals surface area contributed by atoms with Crippen molar-refractivity contribution in [1.29, 1.82) is 0 Å². The predicted molar refractivity (Wildman–Crippen MR) is 141 cm³/mol. The lowest BCUT2D eigenvalue weighted by atomic mass is 9.95. The number of rotatable bonds is 2. The van der Waals surface area contributed by atoms with Crippen molar-refractivity contribution in [1.82, 2.24) is 4.98 Å². The molecule has 0 amide bonds. The van der Waals surface area contributed by atoms with Crippen molar-refractivity contribution in [3.05, 3.63) is 68.9 Å². The van der Waals surface area contributed by atoms with Gasteiger partial charge in [0.15, 0.2) is 0 Å². The molecular weight excluding hydrogens is 416 g/mol. The van der Waals surface area contributed by atoms with Crippen molar-refractivity contribution in [2.24, 2.45) is 0 Å². The number of aliphatic hydroxyl groups is 3. The molecule has 0 bridgehead atoms. The summed E-state index contributed by atoms with van der Waals surface area (Å²) in [6, 6.07) is 6.19. The van der Waals surface area contributed by atoms with Gasteiger partial charge in [-0.2, -0.15) is 0 Å². The highest BCUT2D eigenvalue weighted by atomic mass is 16.3. The first-order valence-corrected chi connectivity index (χ1v) is 10.5. The minimum absolute atomic E-state index is 0. The van der Waals surface area contributed by atoms with E-state index in [0.717, 1.165) is 11.2 Å². The fourth-order valence-electron chi connectivity index (χ4n) is 3.25. The summed E-state index contributed by atoms with van der Waals surface area (Å²) in [7, 11) is 0. The Morgan fingerprint density at radius 1 is 0.788 bits per heavy atom. The van der Waals surface area contributed by atoms with Gasteiger partial charge in [0.25, 0.3) is 0 Å². The van der Waals surface area contributed by atoms with Crippen LogP contribution in [0.15, 0.2) is 24.4 Å². The van der Waals surface area contributed by atoms with E-state index in [1.54, 1.807) is 0 Å². The number of anilines is 1. The van der Waals surface area contributed by atoms with Gasteiger partial charge in [0.05, 0.1) is 18.7 Å². The second kappa shape index (κ2) is 14.6. The number of hydrogen-bond acceptors (Lipinski definition) is 5. The lowest BCUT2D eigenvalue weighted by Crippen LogP contribution is -2.15. The van der Waals surface area contributed by atoms with Crippen molar-refractivity contribution in [2.75, 3.05) is 18.9 Å². The number of nitrogens with two attached hydrogens (primary N) is 1. The third-order valence-electron chi connectivity index (χ3n) is 6.20. The Morgan fingerprint density at radius 2 is 1.27 bits per heavy atom. The molecule has 1 aromatic heterocycles. The van der Waals surface area contributed by atoms with Gasteiger partial charge in [-0.25, -0.2) is 0 Å². The van der Waals surface area contributed by atoms with Crippen LogP contribution in [-0.2, 0) is 0 Å². The molecular formula is C27H44N2O4. The maximum Gasteiger partial charge on any atom is 0.100 e. The SMILES string of the molecule is C.Cc1c(C)c(C)c2ncccc2c1C.Cc1cc(N)c(C)c(C)c1C.O.OCC(O)CO. The van der Waals surface area contributed by atoms with E-state index < -0.39 is 6.10 Å². The molecule has 6 heteroatoms. The number of aliphatic hydroxyl groups excluding tert-OH is 3. The molecule has 33 heavy (non-hydrogen) atoms. The van der Waals surface area contributed by atoms with E-state index in [2.05, 4.69) is 66.4 Å². The van der Waals surface area contributed by atoms with E-state index in [0.29, 0.717) is 0 Å². The molecule has 0 spiro atoms. The number of benzene rings is 2. The van der Waals surface area contributed by atoms with Crippen LogP contribution in [0.2, 0.25) is 0 Å². The number of pyridine rings is 1. The van der Waals surface area contributed by atoms with Gasteiger partial charge in [-0.15, -0.1) is 0 Å². The lowest BCUT2D eigenvalue weighted by molar-refractivity contribution is 0.0450. The Balaban J connectivity index is 0. The van der Waals surface area contributed by atoms with Crippen LogP contribution in [0.3, 0.4) is 0 Å². The lowest BCUT2D eigenvalue weighted by Gasteiger charge is -2.12. The number of hydrogen-bond donors (Lipinski definition) is 4. The Morgan fingerprint density at radius 3 is 1.76 bits per heavy atom. The molecule has 0 fully saturated rings. The second-order valence-electron chi connectivity index (χ2n) is 8.08. The molecule has 0 radical (unpaired) electrons. The van der Waals surface area contributed by atoms with Gasteiger partial charge >= 0.3 is 0 Å². The number of nitrogen functional groups attached to an aromatic ring is 1. The molecule has 0 aliphatic heterocycles. The summed E-state index contributed by atoms with van der Waals surface area (Å²) < 4.78 is 0. The van der Waals surface area contributed by atoms with Crippen LogP contribution in [0.5, 0.6) is 0 Å². The summed E-state index contributed by atoms with van der Waals surface area (Å²) >= 11 is 0. The van der Waals surface area contributed by atoms with Crippen molar-refractivity contribution < 1.29 is 20.8 Å². The van der Waals surface area contributed by atoms with Crippen LogP contribution in [0.1, 0.15) is 51.9 Å². The number of aromatic nitrogens is 1. The molecule has 3 aromatic rings. The Bertz CT molecular complexity index is 956. The molecule has 7 N–H and O–H groups in total. The third-order valence-corrected chi connectivity index (χ3v) is 6.20. The smallest absolute Gasteiger partial charge is 0.100 e. The van der Waals surface area contributed by atoms with E-state index >= 15 is 0 Å². The maximum absolute atomic E-state index is 8.17. The van der Waals surface area contributed by atoms with Gasteiger partial charge in [-0.3, -0.25) is 4.98 Å². The molecule has 1 heterocycles. The van der Waals surface area contributed by atoms with Crippen LogP contribution >= 0.6 is 0 Å². The number of aryl methyl sites for hydroxylation is 3. The van der Waals surface area contributed by atoms with Gasteiger partial charge in [0.1, 0.15) is 6.10 Å². The Hall–Kier alpha value is -2.51. The summed E-state index contributed by atoms with van der Waals surface area (Å²) in [4.78, 5) is 4.44. The summed E-state index contributed by atoms with van der Waals surface area (Å²) in [5.41, 5.74) is 18.5. The van der Waals surface area contributed by atoms with Crippen molar-refractivity contribution in [3.63, 3.8) is 0 Å². The van der Waals surface area contributed by atoms with E-state index in [1.165, 1.54) is 49.9 Å². The molecule has 0 aliphatic carbocycles. The third kappa shape index (κ3) is 8.09. The van der Waals surface area contributed by atoms with Crippen molar-refractivity contribution >= 4 is 16.6 Å². The van der Waals surface area contributed by atoms with Crippen molar-refractivity contribution in [3.8, 4) is 0 Å². The summed E-state index contributed by atoms with van der Waals surface area (Å²) in [5.74, 6) is 0. The zero-order valence-electron chi connectivity index (χ0n) is 20.7. The summed E-state index contributed by atoms with van der Waals surface area (Å²) in [6.45, 7) is 16.4. The maximum atomic E-state index is 8.17. The van der Waals surface area contributed by atoms with E-state index in [4.69, 9.17) is 21.1 Å². The van der Waals surface area contributed by atoms with Crippen LogP contribution < -0.4 is 5.73 Å². The van der Waals surface area contributed by atoms with Crippen LogP contribution in [0, 0.1) is 55.4 Å². The van der Waals surface area contributed by atoms with Crippen molar-refractivity contribution in [2.45, 2.75) is 68.9 Å². The standard InChI is InChI=1S/C13H15N.C10H15N.C3H8O3.CH4.H2O/c1-8-9(2)11(4)13-12(10(8)3)6-5-7-14-13;1-6-5-10(11)9(4)8(3)7(6)2;4-1-3(6)2-5;;/h5-7H,1-4H3;5H,11H2,1-4H3;3-6H,1-2H2;1H4;1H2. The first-order chi connectivity index (χ1) is 14.5. The van der Waals surface area contributed by atoms with E-state index in [1.807, 2.05) is 18.3 Å². The van der Waals surface area contributed by atoms with Gasteiger partial charge in [-0.1, -0.05) is 13.5 Å². The highest BCUT2D eigenvalue weighted by molar-refractivity contribution is 5.87. The first kappa shape index (κ1) is 32.7. The first-order valence-electron chi connectivity index (χ1n) is 10.5. The molecule has 0 saturated carbocycles. The average Bonchev–Trinajstić information content (AvgIpc) is 2.79. The highest BCUT2D eigenvalue weighted by Crippen LogP contribution is 2.27. The zero-order valence-corrected chi connectivity index (χ0v) is 20.7. The minimum atomic E-state index is -0.954. The molecule has 2 aromatic carbocycles. The molecule has 0 unspecified atom stereocenters. The van der Waals surface area contributed by atoms with E-state index in [9.17, 15) is 0 Å². The molecule has 0 aliphatic rings. The largest absolute Gasteiger partial charge is 0.412 e. The predicted octanol–water partition coefficient (Wildman–Crippen LogP) is 4.11. The van der Waals surface area contributed by atoms with Gasteiger partial charge in [0, 0.05) is 17.3 Å². The number of fused-ring (bicyclic) bond motifs is 1. The second-order valence-corrected chi connectivity index (χ2v) is 8.08. The quantitative estimate of drug-likeness (QED) is 0.427. The fourth-order valence-corrected chi connectivity index (χ4v) is 3.25. The number of nitrogens with zero attached hydrogens (tertiary/aromatic N) is 1. The summed E-state index contributed by atoms with van der Waals surface area (Å²) in [5, 5.41) is 25.3. The molecule has 186 valence electrons. The summed E-state index contributed by atoms with van der Waals surface area (Å²) in [6.07, 6.45) is 0.911. The monoisotopic (exact) mass is 460 g/mol. The molecule has 0 atom stereocenters. The Kier molecular flexibility index (Phi) is 14.5. The highest BCUT2D eigenvalue weighted by Gasteiger charge is 2.08. The molecule has 6 nitrogen and oxygen atoms in total. The molecule has 3 rings (SSSR count). The molecule has 0 saturated heterocycles. The fraction of sp³-hybridized carbons (Fsp3) is 0.444. The van der Waals surface area contributed by atoms with Crippen LogP contribution in [0.25, 0.3) is 10.9 Å². The topological polar surface area (TPSA) is 131 Å². The van der Waals surface area contributed by atoms with Gasteiger partial charge in [-0.05, 0) is 112 Å². The van der Waals surface area contributed by atoms with E-state index in [-0.39, 0.29) is 26.1 Å². The average molecular weight is 461 g/mol. The minimum Gasteiger partial charge on any atom is -0.412 e. The van der Waals surface area contributed by atoms with Gasteiger partial charge < -0.3 is 26.5 Å².